The van der Waals surface area contributed by atoms with Gasteiger partial charge in [0, 0.05) is 34.9 Å². The molecule has 1 aliphatic rings. The van der Waals surface area contributed by atoms with E-state index in [-0.39, 0.29) is 24.4 Å². The van der Waals surface area contributed by atoms with Gasteiger partial charge in [-0.3, -0.25) is 4.79 Å². The number of nitrogens with one attached hydrogen (secondary N) is 1. The third-order valence-electron chi connectivity index (χ3n) is 2.85. The molecule has 2 rings (SSSR count). The van der Waals surface area contributed by atoms with Crippen LogP contribution in [0.15, 0.2) is 15.9 Å². The molecular weight excluding hydrogens is 352 g/mol. The van der Waals surface area contributed by atoms with Gasteiger partial charge in [-0.15, -0.1) is 23.7 Å². The molecule has 1 aromatic rings. The van der Waals surface area contributed by atoms with Crippen molar-refractivity contribution in [2.24, 2.45) is 0 Å². The number of rotatable bonds is 4. The second-order valence-corrected chi connectivity index (χ2v) is 6.29. The number of carbonyl (C=O) groups excluding carboxylic acids is 1. The molecule has 0 aromatic carbocycles. The first-order valence-corrected chi connectivity index (χ1v) is 7.61. The molecule has 0 spiro atoms. The predicted molar refractivity (Wildman–Crippen MR) is 83.0 cm³/mol. The smallest absolute Gasteiger partial charge is 0.225 e. The van der Waals surface area contributed by atoms with E-state index in [9.17, 15) is 4.79 Å². The van der Waals surface area contributed by atoms with Crippen molar-refractivity contribution >= 4 is 45.6 Å². The Labute approximate surface area is 132 Å². The highest BCUT2D eigenvalue weighted by atomic mass is 79.9. The topological polar surface area (TPSA) is 41.6 Å². The third-order valence-corrected chi connectivity index (χ3v) is 4.53. The van der Waals surface area contributed by atoms with Crippen LogP contribution in [0.4, 0.5) is 0 Å². The number of amides is 1. The van der Waals surface area contributed by atoms with Crippen LogP contribution in [0.25, 0.3) is 0 Å². The zero-order valence-corrected chi connectivity index (χ0v) is 13.9. The molecule has 19 heavy (non-hydrogen) atoms. The van der Waals surface area contributed by atoms with E-state index >= 15 is 0 Å². The van der Waals surface area contributed by atoms with Crippen molar-refractivity contribution in [3.8, 4) is 0 Å². The Balaban J connectivity index is 0.00000180. The largest absolute Gasteiger partial charge is 0.375 e. The average molecular weight is 370 g/mol. The fourth-order valence-corrected chi connectivity index (χ4v) is 3.36. The first-order chi connectivity index (χ1) is 8.65. The molecule has 1 fully saturated rings. The quantitative estimate of drug-likeness (QED) is 0.885. The van der Waals surface area contributed by atoms with Gasteiger partial charge in [-0.2, -0.15) is 0 Å². The number of thiophene rings is 1. The Morgan fingerprint density at radius 1 is 1.68 bits per heavy atom. The van der Waals surface area contributed by atoms with Gasteiger partial charge in [-0.25, -0.2) is 0 Å². The van der Waals surface area contributed by atoms with E-state index in [1.165, 1.54) is 4.88 Å². The van der Waals surface area contributed by atoms with Crippen molar-refractivity contribution < 1.29 is 9.53 Å². The molecule has 0 saturated carbocycles. The van der Waals surface area contributed by atoms with Gasteiger partial charge in [0.2, 0.25) is 5.91 Å². The van der Waals surface area contributed by atoms with E-state index in [0.717, 1.165) is 17.6 Å². The Hall–Kier alpha value is -0.140. The van der Waals surface area contributed by atoms with Gasteiger partial charge in [-0.05, 0) is 22.0 Å². The fourth-order valence-electron chi connectivity index (χ4n) is 1.86. The van der Waals surface area contributed by atoms with Crippen molar-refractivity contribution in [1.29, 1.82) is 0 Å². The zero-order chi connectivity index (χ0) is 13.0. The monoisotopic (exact) mass is 368 g/mol. The van der Waals surface area contributed by atoms with Crippen LogP contribution in [-0.2, 0) is 16.1 Å². The van der Waals surface area contributed by atoms with Gasteiger partial charge in [0.15, 0.2) is 0 Å². The van der Waals surface area contributed by atoms with E-state index < -0.39 is 0 Å². The summed E-state index contributed by atoms with van der Waals surface area (Å²) in [6.45, 7) is 3.00. The first kappa shape index (κ1) is 16.9. The lowest BCUT2D eigenvalue weighted by Crippen LogP contribution is -2.41. The molecular formula is C12H18BrClN2O2S. The van der Waals surface area contributed by atoms with E-state index in [1.54, 1.807) is 16.2 Å². The van der Waals surface area contributed by atoms with Crippen molar-refractivity contribution in [1.82, 2.24) is 10.2 Å². The summed E-state index contributed by atoms with van der Waals surface area (Å²) in [5.74, 6) is 0.133. The molecule has 1 amide bonds. The maximum atomic E-state index is 12.0. The van der Waals surface area contributed by atoms with E-state index in [2.05, 4.69) is 21.2 Å². The standard InChI is InChI=1S/C12H17BrN2O2S.ClH/c1-15(7-11-4-9(13)8-18-11)12(16)5-10-6-14-2-3-17-10;/h4,8,10,14H,2-3,5-7H2,1H3;1H. The SMILES string of the molecule is CN(Cc1cc(Br)cs1)C(=O)CC1CNCCO1.Cl. The number of morpholine rings is 1. The molecule has 1 aromatic heterocycles. The molecule has 0 bridgehead atoms. The van der Waals surface area contributed by atoms with Crippen LogP contribution in [0, 0.1) is 0 Å². The molecule has 1 aliphatic heterocycles. The fraction of sp³-hybridized carbons (Fsp3) is 0.583. The van der Waals surface area contributed by atoms with Gasteiger partial charge in [0.1, 0.15) is 0 Å². The van der Waals surface area contributed by atoms with Gasteiger partial charge in [-0.1, -0.05) is 0 Å². The van der Waals surface area contributed by atoms with Crippen LogP contribution in [-0.4, -0.2) is 43.7 Å². The normalized spacial score (nSPS) is 18.7. The molecule has 2 heterocycles. The minimum absolute atomic E-state index is 0. The summed E-state index contributed by atoms with van der Waals surface area (Å²) in [6.07, 6.45) is 0.472. The van der Waals surface area contributed by atoms with E-state index in [4.69, 9.17) is 4.74 Å². The molecule has 1 N–H and O–H groups in total. The summed E-state index contributed by atoms with van der Waals surface area (Å²) in [5.41, 5.74) is 0. The summed E-state index contributed by atoms with van der Waals surface area (Å²) >= 11 is 5.07. The molecule has 4 nitrogen and oxygen atoms in total. The molecule has 7 heteroatoms. The van der Waals surface area contributed by atoms with Crippen molar-refractivity contribution in [2.75, 3.05) is 26.7 Å². The predicted octanol–water partition coefficient (Wildman–Crippen LogP) is 2.27. The third kappa shape index (κ3) is 5.39. The van der Waals surface area contributed by atoms with Crippen molar-refractivity contribution in [3.63, 3.8) is 0 Å². The summed E-state index contributed by atoms with van der Waals surface area (Å²) in [4.78, 5) is 15.0. The maximum absolute atomic E-state index is 12.0. The second-order valence-electron chi connectivity index (χ2n) is 4.38. The van der Waals surface area contributed by atoms with E-state index in [1.807, 2.05) is 18.5 Å². The molecule has 1 saturated heterocycles. The van der Waals surface area contributed by atoms with E-state index in [0.29, 0.717) is 19.6 Å². The lowest BCUT2D eigenvalue weighted by atomic mass is 10.2. The Morgan fingerprint density at radius 2 is 2.47 bits per heavy atom. The van der Waals surface area contributed by atoms with Gasteiger partial charge in [0.05, 0.1) is 25.7 Å². The van der Waals surface area contributed by atoms with Gasteiger partial charge in [0.25, 0.3) is 0 Å². The Bertz CT molecular complexity index is 410. The Morgan fingerprint density at radius 3 is 3.05 bits per heavy atom. The maximum Gasteiger partial charge on any atom is 0.225 e. The lowest BCUT2D eigenvalue weighted by Gasteiger charge is -2.25. The summed E-state index contributed by atoms with van der Waals surface area (Å²) in [5, 5.41) is 5.26. The van der Waals surface area contributed by atoms with Crippen LogP contribution in [0.3, 0.4) is 0 Å². The molecule has 1 unspecified atom stereocenters. The molecule has 108 valence electrons. The minimum Gasteiger partial charge on any atom is -0.375 e. The van der Waals surface area contributed by atoms with Crippen LogP contribution in [0.2, 0.25) is 0 Å². The second kappa shape index (κ2) is 8.21. The number of nitrogens with zero attached hydrogens (tertiary/aromatic N) is 1. The number of carbonyl (C=O) groups is 1. The average Bonchev–Trinajstić information content (AvgIpc) is 2.76. The van der Waals surface area contributed by atoms with Crippen LogP contribution in [0.5, 0.6) is 0 Å². The highest BCUT2D eigenvalue weighted by Gasteiger charge is 2.19. The first-order valence-electron chi connectivity index (χ1n) is 5.94. The van der Waals surface area contributed by atoms with Crippen LogP contribution >= 0.6 is 39.7 Å². The van der Waals surface area contributed by atoms with Crippen LogP contribution in [0.1, 0.15) is 11.3 Å². The number of ether oxygens (including phenoxy) is 1. The van der Waals surface area contributed by atoms with Gasteiger partial charge >= 0.3 is 0 Å². The zero-order valence-electron chi connectivity index (χ0n) is 10.7. The number of hydrogen-bond donors (Lipinski definition) is 1. The summed E-state index contributed by atoms with van der Waals surface area (Å²) < 4.78 is 6.61. The summed E-state index contributed by atoms with van der Waals surface area (Å²) in [7, 11) is 1.84. The molecule has 0 radical (unpaired) electrons. The molecule has 0 aliphatic carbocycles. The summed E-state index contributed by atoms with van der Waals surface area (Å²) in [6, 6.07) is 2.05. The lowest BCUT2D eigenvalue weighted by molar-refractivity contribution is -0.133. The molecule has 1 atom stereocenters. The Kier molecular flexibility index (Phi) is 7.31. The highest BCUT2D eigenvalue weighted by molar-refractivity contribution is 9.10. The highest BCUT2D eigenvalue weighted by Crippen LogP contribution is 2.21. The van der Waals surface area contributed by atoms with Crippen molar-refractivity contribution in [2.45, 2.75) is 19.1 Å². The number of halogens is 2. The number of hydrogen-bond acceptors (Lipinski definition) is 4. The van der Waals surface area contributed by atoms with Gasteiger partial charge < -0.3 is 15.0 Å². The van der Waals surface area contributed by atoms with Crippen LogP contribution < -0.4 is 5.32 Å². The van der Waals surface area contributed by atoms with Crippen molar-refractivity contribution in [3.05, 3.63) is 20.8 Å². The minimum atomic E-state index is 0.